The van der Waals surface area contributed by atoms with Crippen molar-refractivity contribution in [3.63, 3.8) is 0 Å². The molecule has 0 spiro atoms. The lowest BCUT2D eigenvalue weighted by Gasteiger charge is -2.20. The predicted molar refractivity (Wildman–Crippen MR) is 74.8 cm³/mol. The summed E-state index contributed by atoms with van der Waals surface area (Å²) in [4.78, 5) is 0. The average molecular weight is 298 g/mol. The van der Waals surface area contributed by atoms with Crippen molar-refractivity contribution in [3.05, 3.63) is 27.7 Å². The molecule has 2 rings (SSSR count). The van der Waals surface area contributed by atoms with Crippen LogP contribution in [0.15, 0.2) is 16.6 Å². The molecule has 1 aromatic carbocycles. The van der Waals surface area contributed by atoms with Crippen molar-refractivity contribution in [1.29, 1.82) is 0 Å². The van der Waals surface area contributed by atoms with E-state index in [1.165, 1.54) is 24.0 Å². The minimum Gasteiger partial charge on any atom is -0.496 e. The normalized spacial score (nSPS) is 19.9. The second kappa shape index (κ2) is 5.40. The average Bonchev–Trinajstić information content (AvgIpc) is 2.81. The van der Waals surface area contributed by atoms with Crippen molar-refractivity contribution in [2.24, 2.45) is 0 Å². The van der Waals surface area contributed by atoms with Crippen LogP contribution in [0.5, 0.6) is 5.75 Å². The van der Waals surface area contributed by atoms with Gasteiger partial charge in [0, 0.05) is 16.1 Å². The van der Waals surface area contributed by atoms with E-state index < -0.39 is 0 Å². The lowest BCUT2D eigenvalue weighted by Crippen LogP contribution is -2.14. The standard InChI is InChI=1S/C14H20BrNO/c1-9(2)11-7-10(15)8-12(14(11)17-3)13-5-4-6-16-13/h7-9,13,16H,4-6H2,1-3H3. The molecular weight excluding hydrogens is 278 g/mol. The van der Waals surface area contributed by atoms with Gasteiger partial charge < -0.3 is 10.1 Å². The Hall–Kier alpha value is -0.540. The zero-order valence-electron chi connectivity index (χ0n) is 10.7. The Bertz CT molecular complexity index is 397. The van der Waals surface area contributed by atoms with Crippen LogP contribution in [0.4, 0.5) is 0 Å². The molecule has 1 aliphatic heterocycles. The summed E-state index contributed by atoms with van der Waals surface area (Å²) in [6.45, 7) is 5.52. The Morgan fingerprint density at radius 3 is 2.71 bits per heavy atom. The fourth-order valence-corrected chi connectivity index (χ4v) is 3.00. The highest BCUT2D eigenvalue weighted by atomic mass is 79.9. The first kappa shape index (κ1) is 12.9. The number of hydrogen-bond acceptors (Lipinski definition) is 2. The van der Waals surface area contributed by atoms with Crippen LogP contribution in [0, 0.1) is 0 Å². The van der Waals surface area contributed by atoms with E-state index in [9.17, 15) is 0 Å². The molecule has 1 heterocycles. The summed E-state index contributed by atoms with van der Waals surface area (Å²) < 4.78 is 6.79. The zero-order chi connectivity index (χ0) is 12.4. The number of ether oxygens (including phenoxy) is 1. The summed E-state index contributed by atoms with van der Waals surface area (Å²) in [6.07, 6.45) is 2.45. The van der Waals surface area contributed by atoms with Gasteiger partial charge in [0.15, 0.2) is 0 Å². The molecule has 1 aromatic rings. The van der Waals surface area contributed by atoms with Crippen LogP contribution in [-0.2, 0) is 0 Å². The van der Waals surface area contributed by atoms with Gasteiger partial charge in [-0.1, -0.05) is 29.8 Å². The fraction of sp³-hybridized carbons (Fsp3) is 0.571. The second-order valence-corrected chi connectivity index (χ2v) is 5.84. The van der Waals surface area contributed by atoms with E-state index in [1.807, 2.05) is 0 Å². The lowest BCUT2D eigenvalue weighted by atomic mass is 9.95. The van der Waals surface area contributed by atoms with E-state index in [0.717, 1.165) is 16.8 Å². The first-order chi connectivity index (χ1) is 8.13. The van der Waals surface area contributed by atoms with E-state index in [1.54, 1.807) is 7.11 Å². The summed E-state index contributed by atoms with van der Waals surface area (Å²) in [5.41, 5.74) is 2.58. The number of rotatable bonds is 3. The second-order valence-electron chi connectivity index (χ2n) is 4.92. The maximum atomic E-state index is 5.64. The Labute approximate surface area is 112 Å². The van der Waals surface area contributed by atoms with E-state index in [4.69, 9.17) is 4.74 Å². The van der Waals surface area contributed by atoms with Crippen molar-refractivity contribution in [1.82, 2.24) is 5.32 Å². The van der Waals surface area contributed by atoms with Gasteiger partial charge in [-0.15, -0.1) is 0 Å². The Kier molecular flexibility index (Phi) is 4.10. The molecule has 0 aliphatic carbocycles. The van der Waals surface area contributed by atoms with Crippen molar-refractivity contribution >= 4 is 15.9 Å². The molecule has 2 nitrogen and oxygen atoms in total. The van der Waals surface area contributed by atoms with Crippen LogP contribution < -0.4 is 10.1 Å². The van der Waals surface area contributed by atoms with E-state index in [-0.39, 0.29) is 0 Å². The maximum absolute atomic E-state index is 5.64. The van der Waals surface area contributed by atoms with E-state index >= 15 is 0 Å². The van der Waals surface area contributed by atoms with Crippen LogP contribution in [0.2, 0.25) is 0 Å². The van der Waals surface area contributed by atoms with Gasteiger partial charge in [-0.25, -0.2) is 0 Å². The Morgan fingerprint density at radius 2 is 2.18 bits per heavy atom. The smallest absolute Gasteiger partial charge is 0.127 e. The van der Waals surface area contributed by atoms with Crippen molar-refractivity contribution in [2.75, 3.05) is 13.7 Å². The summed E-state index contributed by atoms with van der Waals surface area (Å²) in [5.74, 6) is 1.53. The van der Waals surface area contributed by atoms with Crippen molar-refractivity contribution in [3.8, 4) is 5.75 Å². The van der Waals surface area contributed by atoms with Crippen LogP contribution in [-0.4, -0.2) is 13.7 Å². The van der Waals surface area contributed by atoms with Gasteiger partial charge in [-0.3, -0.25) is 0 Å². The first-order valence-corrected chi connectivity index (χ1v) is 7.03. The highest BCUT2D eigenvalue weighted by Gasteiger charge is 2.23. The minimum absolute atomic E-state index is 0.444. The number of halogens is 1. The molecule has 1 saturated heterocycles. The molecule has 0 bridgehead atoms. The molecule has 0 aromatic heterocycles. The molecule has 1 atom stereocenters. The molecule has 94 valence electrons. The van der Waals surface area contributed by atoms with Crippen molar-refractivity contribution < 1.29 is 4.74 Å². The number of nitrogens with one attached hydrogen (secondary N) is 1. The molecular formula is C14H20BrNO. The lowest BCUT2D eigenvalue weighted by molar-refractivity contribution is 0.396. The summed E-state index contributed by atoms with van der Waals surface area (Å²) >= 11 is 3.61. The van der Waals surface area contributed by atoms with E-state index in [2.05, 4.69) is 47.2 Å². The largest absolute Gasteiger partial charge is 0.496 e. The van der Waals surface area contributed by atoms with Gasteiger partial charge in [0.25, 0.3) is 0 Å². The minimum atomic E-state index is 0.444. The predicted octanol–water partition coefficient (Wildman–Crippen LogP) is 4.01. The number of hydrogen-bond donors (Lipinski definition) is 1. The topological polar surface area (TPSA) is 21.3 Å². The molecule has 1 fully saturated rings. The van der Waals surface area contributed by atoms with E-state index in [0.29, 0.717) is 12.0 Å². The van der Waals surface area contributed by atoms with Gasteiger partial charge in [-0.2, -0.15) is 0 Å². The van der Waals surface area contributed by atoms with Crippen LogP contribution >= 0.6 is 15.9 Å². The highest BCUT2D eigenvalue weighted by Crippen LogP contribution is 2.38. The number of methoxy groups -OCH3 is 1. The van der Waals surface area contributed by atoms with Gasteiger partial charge in [-0.05, 0) is 43.0 Å². The molecule has 17 heavy (non-hydrogen) atoms. The quantitative estimate of drug-likeness (QED) is 0.910. The van der Waals surface area contributed by atoms with Gasteiger partial charge in [0.05, 0.1) is 7.11 Å². The molecule has 0 saturated carbocycles. The summed E-state index contributed by atoms with van der Waals surface area (Å²) in [6, 6.07) is 4.80. The van der Waals surface area contributed by atoms with Crippen LogP contribution in [0.1, 0.15) is 49.8 Å². The molecule has 0 amide bonds. The van der Waals surface area contributed by atoms with Gasteiger partial charge in [0.2, 0.25) is 0 Å². The maximum Gasteiger partial charge on any atom is 0.127 e. The zero-order valence-corrected chi connectivity index (χ0v) is 12.3. The highest BCUT2D eigenvalue weighted by molar-refractivity contribution is 9.10. The molecule has 0 radical (unpaired) electrons. The molecule has 1 unspecified atom stereocenters. The molecule has 3 heteroatoms. The third-order valence-electron chi connectivity index (χ3n) is 3.37. The summed E-state index contributed by atoms with van der Waals surface area (Å²) in [7, 11) is 1.77. The SMILES string of the molecule is COc1c(C(C)C)cc(Br)cc1C1CCCN1. The number of benzene rings is 1. The fourth-order valence-electron chi connectivity index (χ4n) is 2.51. The summed E-state index contributed by atoms with van der Waals surface area (Å²) in [5, 5.41) is 3.54. The molecule has 1 N–H and O–H groups in total. The molecule has 1 aliphatic rings. The van der Waals surface area contributed by atoms with Gasteiger partial charge >= 0.3 is 0 Å². The van der Waals surface area contributed by atoms with Crippen LogP contribution in [0.3, 0.4) is 0 Å². The first-order valence-electron chi connectivity index (χ1n) is 6.24. The third kappa shape index (κ3) is 2.66. The Balaban J connectivity index is 2.48. The monoisotopic (exact) mass is 297 g/mol. The van der Waals surface area contributed by atoms with Gasteiger partial charge in [0.1, 0.15) is 5.75 Å². The van der Waals surface area contributed by atoms with Crippen LogP contribution in [0.25, 0.3) is 0 Å². The van der Waals surface area contributed by atoms with Crippen molar-refractivity contribution in [2.45, 2.75) is 38.6 Å². The third-order valence-corrected chi connectivity index (χ3v) is 3.83. The Morgan fingerprint density at radius 1 is 1.41 bits per heavy atom.